The number of amides is 2. The number of aryl methyl sites for hydroxylation is 1. The highest BCUT2D eigenvalue weighted by molar-refractivity contribution is 7.91. The third-order valence-corrected chi connectivity index (χ3v) is 8.10. The molecular weight excluding hydrogens is 410 g/mol. The average molecular weight is 448 g/mol. The maximum Gasteiger partial charge on any atom is 0.245 e. The maximum atomic E-state index is 13.5. The smallest absolute Gasteiger partial charge is 0.245 e. The van der Waals surface area contributed by atoms with Gasteiger partial charge < -0.3 is 20.1 Å². The fraction of sp³-hybridized carbons (Fsp3) is 0.667. The van der Waals surface area contributed by atoms with Gasteiger partial charge >= 0.3 is 0 Å². The zero-order chi connectivity index (χ0) is 22.2. The fourth-order valence-electron chi connectivity index (χ4n) is 4.90. The van der Waals surface area contributed by atoms with Crippen molar-refractivity contribution < 1.29 is 14.1 Å². The van der Waals surface area contributed by atoms with Crippen LogP contribution in [0.25, 0.3) is 0 Å². The summed E-state index contributed by atoms with van der Waals surface area (Å²) in [5.74, 6) is 1.06. The molecule has 2 unspecified atom stereocenters. The van der Waals surface area contributed by atoms with Gasteiger partial charge in [0, 0.05) is 12.5 Å². The van der Waals surface area contributed by atoms with Gasteiger partial charge in [0.15, 0.2) is 0 Å². The molecule has 2 amide bonds. The summed E-state index contributed by atoms with van der Waals surface area (Å²) >= 11 is -0.974. The van der Waals surface area contributed by atoms with Crippen molar-refractivity contribution in [1.82, 2.24) is 15.5 Å². The number of nitrogens with zero attached hydrogens (tertiary/aromatic N) is 1. The van der Waals surface area contributed by atoms with Gasteiger partial charge in [-0.2, -0.15) is 0 Å². The van der Waals surface area contributed by atoms with E-state index in [4.69, 9.17) is 0 Å². The predicted octanol–water partition coefficient (Wildman–Crippen LogP) is 2.39. The lowest BCUT2D eigenvalue weighted by Crippen LogP contribution is -2.56. The van der Waals surface area contributed by atoms with Crippen LogP contribution < -0.4 is 10.6 Å². The van der Waals surface area contributed by atoms with Crippen LogP contribution in [0, 0.1) is 0 Å². The van der Waals surface area contributed by atoms with Crippen LogP contribution in [0.1, 0.15) is 57.4 Å². The van der Waals surface area contributed by atoms with Crippen LogP contribution in [0.5, 0.6) is 0 Å². The zero-order valence-corrected chi connectivity index (χ0v) is 19.7. The zero-order valence-electron chi connectivity index (χ0n) is 18.8. The van der Waals surface area contributed by atoms with Gasteiger partial charge in [-0.25, -0.2) is 0 Å². The molecule has 6 nitrogen and oxygen atoms in total. The summed E-state index contributed by atoms with van der Waals surface area (Å²) in [5, 5.41) is 6.02. The molecule has 0 bridgehead atoms. The largest absolute Gasteiger partial charge is 0.616 e. The molecule has 0 saturated carbocycles. The molecule has 0 radical (unpaired) electrons. The van der Waals surface area contributed by atoms with Gasteiger partial charge in [-0.3, -0.25) is 9.59 Å². The number of benzene rings is 1. The van der Waals surface area contributed by atoms with Gasteiger partial charge in [-0.15, -0.1) is 0 Å². The van der Waals surface area contributed by atoms with Crippen molar-refractivity contribution in [2.45, 2.75) is 82.5 Å². The van der Waals surface area contributed by atoms with Crippen LogP contribution >= 0.6 is 0 Å². The molecular formula is C24H37N3O3S. The summed E-state index contributed by atoms with van der Waals surface area (Å²) in [6, 6.07) is 9.59. The molecule has 0 aliphatic carbocycles. The van der Waals surface area contributed by atoms with Crippen molar-refractivity contribution >= 4 is 23.0 Å². The molecule has 5 atom stereocenters. The summed E-state index contributed by atoms with van der Waals surface area (Å²) < 4.78 is 12.8. The minimum absolute atomic E-state index is 0.0119. The van der Waals surface area contributed by atoms with Crippen molar-refractivity contribution in [2.24, 2.45) is 0 Å². The lowest BCUT2D eigenvalue weighted by Gasteiger charge is -2.36. The first kappa shape index (κ1) is 24.1. The Labute approximate surface area is 189 Å². The van der Waals surface area contributed by atoms with Crippen molar-refractivity contribution in [1.29, 1.82) is 0 Å². The van der Waals surface area contributed by atoms with Crippen LogP contribution in [-0.2, 0) is 27.2 Å². The molecule has 31 heavy (non-hydrogen) atoms. The van der Waals surface area contributed by atoms with E-state index in [1.165, 1.54) is 5.56 Å². The number of fused-ring (bicyclic) bond motifs is 1. The molecule has 2 saturated heterocycles. The molecule has 3 rings (SSSR count). The number of carbonyl (C=O) groups is 2. The first-order chi connectivity index (χ1) is 15.0. The number of carbonyl (C=O) groups excluding carboxylic acids is 2. The first-order valence-electron chi connectivity index (χ1n) is 11.7. The lowest BCUT2D eigenvalue weighted by atomic mass is 9.98. The average Bonchev–Trinajstić information content (AvgIpc) is 3.16. The Balaban J connectivity index is 1.62. The van der Waals surface area contributed by atoms with Gasteiger partial charge in [0.2, 0.25) is 11.8 Å². The molecule has 1 aromatic carbocycles. The highest BCUT2D eigenvalue weighted by Crippen LogP contribution is 2.32. The summed E-state index contributed by atoms with van der Waals surface area (Å²) in [5.41, 5.74) is 1.19. The molecule has 0 spiro atoms. The first-order valence-corrected chi connectivity index (χ1v) is 13.2. The van der Waals surface area contributed by atoms with Crippen LogP contribution in [0.4, 0.5) is 0 Å². The minimum Gasteiger partial charge on any atom is -0.616 e. The van der Waals surface area contributed by atoms with Crippen LogP contribution in [-0.4, -0.2) is 64.0 Å². The van der Waals surface area contributed by atoms with E-state index in [0.717, 1.165) is 38.5 Å². The normalized spacial score (nSPS) is 26.0. The SMILES string of the molecule is CCC(NC)C(=O)N[C@H]1CCCC[C@H]2CC[C@@H](C[S+]([O-])CCc3ccccc3)N2C1=O. The second kappa shape index (κ2) is 11.9. The van der Waals surface area contributed by atoms with Crippen molar-refractivity contribution in [3.63, 3.8) is 0 Å². The second-order valence-corrected chi connectivity index (χ2v) is 10.4. The van der Waals surface area contributed by atoms with Gasteiger partial charge in [-0.05, 0) is 44.7 Å². The Hall–Kier alpha value is -1.57. The summed E-state index contributed by atoms with van der Waals surface area (Å²) in [4.78, 5) is 28.1. The number of hydrogen-bond acceptors (Lipinski definition) is 4. The van der Waals surface area contributed by atoms with Gasteiger partial charge in [0.05, 0.1) is 12.1 Å². The highest BCUT2D eigenvalue weighted by Gasteiger charge is 2.42. The maximum absolute atomic E-state index is 13.5. The third kappa shape index (κ3) is 6.46. The standard InChI is InChI=1S/C24H37N3O3S/c1-3-21(25-2)23(28)26-22-12-8-7-11-19-13-14-20(27(19)24(22)29)17-31(30)16-15-18-9-5-4-6-10-18/h4-6,9-10,19-22,25H,3,7-8,11-17H2,1-2H3,(H,26,28)/t19-,20-,21?,22-,31?/m0/s1. The summed E-state index contributed by atoms with van der Waals surface area (Å²) in [6.45, 7) is 1.96. The van der Waals surface area contributed by atoms with Gasteiger partial charge in [-0.1, -0.05) is 61.3 Å². The molecule has 2 aliphatic rings. The molecule has 1 aromatic rings. The Bertz CT molecular complexity index is 713. The molecule has 7 heteroatoms. The van der Waals surface area contributed by atoms with E-state index in [1.807, 2.05) is 30.0 Å². The summed E-state index contributed by atoms with van der Waals surface area (Å²) in [7, 11) is 1.77. The van der Waals surface area contributed by atoms with E-state index in [-0.39, 0.29) is 29.9 Å². The van der Waals surface area contributed by atoms with E-state index >= 15 is 0 Å². The Morgan fingerprint density at radius 3 is 2.65 bits per heavy atom. The topological polar surface area (TPSA) is 84.5 Å². The van der Waals surface area contributed by atoms with E-state index in [0.29, 0.717) is 24.3 Å². The quantitative estimate of drug-likeness (QED) is 0.570. The highest BCUT2D eigenvalue weighted by atomic mass is 32.2. The second-order valence-electron chi connectivity index (χ2n) is 8.77. The van der Waals surface area contributed by atoms with Crippen LogP contribution in [0.3, 0.4) is 0 Å². The van der Waals surface area contributed by atoms with E-state index in [9.17, 15) is 14.1 Å². The number of likely N-dealkylation sites (N-methyl/N-ethyl adjacent to an activating group) is 1. The van der Waals surface area contributed by atoms with E-state index < -0.39 is 17.2 Å². The molecule has 0 aromatic heterocycles. The summed E-state index contributed by atoms with van der Waals surface area (Å²) in [6.07, 6.45) is 7.05. The Morgan fingerprint density at radius 1 is 1.19 bits per heavy atom. The fourth-order valence-corrected chi connectivity index (χ4v) is 6.29. The lowest BCUT2D eigenvalue weighted by molar-refractivity contribution is -0.140. The number of hydrogen-bond donors (Lipinski definition) is 2. The van der Waals surface area contributed by atoms with E-state index in [1.54, 1.807) is 7.05 Å². The van der Waals surface area contributed by atoms with Crippen molar-refractivity contribution in [3.05, 3.63) is 35.9 Å². The Kier molecular flexibility index (Phi) is 9.23. The van der Waals surface area contributed by atoms with Crippen LogP contribution in [0.2, 0.25) is 0 Å². The van der Waals surface area contributed by atoms with E-state index in [2.05, 4.69) is 22.8 Å². The van der Waals surface area contributed by atoms with Crippen molar-refractivity contribution in [3.8, 4) is 0 Å². The molecule has 2 fully saturated rings. The van der Waals surface area contributed by atoms with Crippen LogP contribution in [0.15, 0.2) is 30.3 Å². The monoisotopic (exact) mass is 447 g/mol. The molecule has 2 heterocycles. The Morgan fingerprint density at radius 2 is 1.94 bits per heavy atom. The van der Waals surface area contributed by atoms with Gasteiger partial charge in [0.25, 0.3) is 0 Å². The van der Waals surface area contributed by atoms with Crippen molar-refractivity contribution in [2.75, 3.05) is 18.6 Å². The predicted molar refractivity (Wildman–Crippen MR) is 125 cm³/mol. The number of rotatable bonds is 9. The third-order valence-electron chi connectivity index (χ3n) is 6.68. The minimum atomic E-state index is -0.974. The van der Waals surface area contributed by atoms with Gasteiger partial charge in [0.1, 0.15) is 17.5 Å². The number of nitrogens with one attached hydrogen (secondary N) is 2. The molecule has 172 valence electrons. The molecule has 2 N–H and O–H groups in total. The molecule has 2 aliphatic heterocycles.